The fourth-order valence-electron chi connectivity index (χ4n) is 2.41. The third-order valence-electron chi connectivity index (χ3n) is 3.88. The zero-order chi connectivity index (χ0) is 22.6. The fraction of sp³-hybridized carbons (Fsp3) is 0.333. The lowest BCUT2D eigenvalue weighted by molar-refractivity contribution is 0.0205. The Morgan fingerprint density at radius 1 is 1.03 bits per heavy atom. The summed E-state index contributed by atoms with van der Waals surface area (Å²) in [5.74, 6) is -5.74. The molecule has 0 fully saturated rings. The zero-order valence-electron chi connectivity index (χ0n) is 16.9. The molecule has 6 nitrogen and oxygen atoms in total. The molecule has 162 valence electrons. The number of aliphatic hydroxyl groups is 1. The molecule has 0 spiro atoms. The summed E-state index contributed by atoms with van der Waals surface area (Å²) in [5.41, 5.74) is -1.42. The van der Waals surface area contributed by atoms with Gasteiger partial charge in [-0.1, -0.05) is 12.1 Å². The summed E-state index contributed by atoms with van der Waals surface area (Å²) in [4.78, 5) is 25.2. The first-order valence-corrected chi connectivity index (χ1v) is 8.97. The van der Waals surface area contributed by atoms with E-state index in [1.54, 1.807) is 20.8 Å². The van der Waals surface area contributed by atoms with Crippen LogP contribution < -0.4 is 4.74 Å². The van der Waals surface area contributed by atoms with Crippen molar-refractivity contribution in [1.29, 1.82) is 0 Å². The highest BCUT2D eigenvalue weighted by atomic mass is 19.2. The number of ether oxygens (including phenoxy) is 2. The standard InChI is InChI=1S/C21H22F3NO5/c1-21(2,3)30-20(28)25(4)11-16(26)12-5-7-13(8-6-12)29-19(27)17-14(22)9-10-15(23)18(17)24/h5-10,16,26H,11H2,1-4H3. The first-order chi connectivity index (χ1) is 13.9. The second-order valence-electron chi connectivity index (χ2n) is 7.55. The van der Waals surface area contributed by atoms with Crippen molar-refractivity contribution in [3.05, 3.63) is 65.0 Å². The van der Waals surface area contributed by atoms with Gasteiger partial charge in [0.25, 0.3) is 0 Å². The van der Waals surface area contributed by atoms with E-state index in [1.165, 1.54) is 36.2 Å². The lowest BCUT2D eigenvalue weighted by Gasteiger charge is -2.26. The Labute approximate surface area is 171 Å². The molecule has 1 unspecified atom stereocenters. The highest BCUT2D eigenvalue weighted by molar-refractivity contribution is 5.91. The normalized spacial score (nSPS) is 12.3. The summed E-state index contributed by atoms with van der Waals surface area (Å²) in [6, 6.07) is 6.59. The summed E-state index contributed by atoms with van der Waals surface area (Å²) < 4.78 is 50.7. The van der Waals surface area contributed by atoms with Crippen LogP contribution in [0.15, 0.2) is 36.4 Å². The molecule has 0 saturated carbocycles. The summed E-state index contributed by atoms with van der Waals surface area (Å²) in [7, 11) is 1.47. The van der Waals surface area contributed by atoms with Crippen molar-refractivity contribution >= 4 is 12.1 Å². The largest absolute Gasteiger partial charge is 0.444 e. The van der Waals surface area contributed by atoms with E-state index < -0.39 is 46.8 Å². The minimum absolute atomic E-state index is 0.0617. The van der Waals surface area contributed by atoms with E-state index in [0.29, 0.717) is 17.7 Å². The van der Waals surface area contributed by atoms with Crippen LogP contribution in [-0.2, 0) is 4.74 Å². The van der Waals surface area contributed by atoms with Crippen LogP contribution in [-0.4, -0.2) is 41.3 Å². The van der Waals surface area contributed by atoms with Crippen molar-refractivity contribution in [3.63, 3.8) is 0 Å². The summed E-state index contributed by atoms with van der Waals surface area (Å²) >= 11 is 0. The number of hydrogen-bond donors (Lipinski definition) is 1. The van der Waals surface area contributed by atoms with Gasteiger partial charge < -0.3 is 19.5 Å². The molecule has 0 aromatic heterocycles. The second kappa shape index (κ2) is 9.17. The molecule has 2 aromatic rings. The number of aliphatic hydroxyl groups excluding tert-OH is 1. The fourth-order valence-corrected chi connectivity index (χ4v) is 2.41. The van der Waals surface area contributed by atoms with E-state index in [-0.39, 0.29) is 12.3 Å². The van der Waals surface area contributed by atoms with Crippen LogP contribution in [0.3, 0.4) is 0 Å². The lowest BCUT2D eigenvalue weighted by atomic mass is 10.1. The van der Waals surface area contributed by atoms with Crippen molar-refractivity contribution in [2.75, 3.05) is 13.6 Å². The minimum Gasteiger partial charge on any atom is -0.444 e. The monoisotopic (exact) mass is 425 g/mol. The maximum absolute atomic E-state index is 13.7. The third-order valence-corrected chi connectivity index (χ3v) is 3.88. The Morgan fingerprint density at radius 2 is 1.60 bits per heavy atom. The molecule has 2 aromatic carbocycles. The smallest absolute Gasteiger partial charge is 0.410 e. The highest BCUT2D eigenvalue weighted by Gasteiger charge is 2.24. The van der Waals surface area contributed by atoms with Gasteiger partial charge in [-0.15, -0.1) is 0 Å². The first-order valence-electron chi connectivity index (χ1n) is 8.97. The van der Waals surface area contributed by atoms with Gasteiger partial charge in [-0.2, -0.15) is 0 Å². The van der Waals surface area contributed by atoms with E-state index in [1.807, 2.05) is 0 Å². The summed E-state index contributed by atoms with van der Waals surface area (Å²) in [6.07, 6.45) is -1.67. The van der Waals surface area contributed by atoms with Gasteiger partial charge in [-0.25, -0.2) is 22.8 Å². The van der Waals surface area contributed by atoms with Crippen LogP contribution in [0.25, 0.3) is 0 Å². The van der Waals surface area contributed by atoms with Crippen molar-refractivity contribution in [2.24, 2.45) is 0 Å². The minimum atomic E-state index is -1.64. The molecule has 0 aliphatic heterocycles. The Kier molecular flexibility index (Phi) is 7.09. The molecular formula is C21H22F3NO5. The number of carbonyl (C=O) groups is 2. The number of amides is 1. The van der Waals surface area contributed by atoms with Crippen molar-refractivity contribution in [3.8, 4) is 5.75 Å². The molecule has 30 heavy (non-hydrogen) atoms. The van der Waals surface area contributed by atoms with Gasteiger partial charge in [-0.05, 0) is 50.6 Å². The van der Waals surface area contributed by atoms with Crippen molar-refractivity contribution < 1.29 is 37.3 Å². The van der Waals surface area contributed by atoms with Crippen LogP contribution >= 0.6 is 0 Å². The number of nitrogens with zero attached hydrogens (tertiary/aromatic N) is 1. The number of rotatable bonds is 5. The Hall–Kier alpha value is -3.07. The molecular weight excluding hydrogens is 403 g/mol. The summed E-state index contributed by atoms with van der Waals surface area (Å²) in [5, 5.41) is 10.3. The van der Waals surface area contributed by atoms with Gasteiger partial charge in [-0.3, -0.25) is 0 Å². The van der Waals surface area contributed by atoms with Crippen LogP contribution in [0.4, 0.5) is 18.0 Å². The van der Waals surface area contributed by atoms with E-state index >= 15 is 0 Å². The van der Waals surface area contributed by atoms with E-state index in [0.717, 1.165) is 0 Å². The number of likely N-dealkylation sites (N-methyl/N-ethyl adjacent to an activating group) is 1. The number of benzene rings is 2. The molecule has 1 amide bonds. The average Bonchev–Trinajstić information content (AvgIpc) is 2.64. The quantitative estimate of drug-likeness (QED) is 0.441. The maximum atomic E-state index is 13.7. The molecule has 0 saturated heterocycles. The SMILES string of the molecule is CN(CC(O)c1ccc(OC(=O)c2c(F)ccc(F)c2F)cc1)C(=O)OC(C)(C)C. The number of esters is 1. The molecule has 0 aliphatic rings. The molecule has 0 aliphatic carbocycles. The molecule has 2 rings (SSSR count). The predicted octanol–water partition coefficient (Wildman–Crippen LogP) is 4.22. The maximum Gasteiger partial charge on any atom is 0.410 e. The second-order valence-corrected chi connectivity index (χ2v) is 7.55. The zero-order valence-corrected chi connectivity index (χ0v) is 16.9. The lowest BCUT2D eigenvalue weighted by Crippen LogP contribution is -2.36. The molecule has 0 radical (unpaired) electrons. The van der Waals surface area contributed by atoms with E-state index in [2.05, 4.69) is 0 Å². The van der Waals surface area contributed by atoms with Gasteiger partial charge in [0.15, 0.2) is 11.6 Å². The van der Waals surface area contributed by atoms with Crippen molar-refractivity contribution in [2.45, 2.75) is 32.5 Å². The Bertz CT molecular complexity index is 925. The molecule has 1 atom stereocenters. The Morgan fingerprint density at radius 3 is 2.17 bits per heavy atom. The first kappa shape index (κ1) is 23.2. The number of hydrogen-bond acceptors (Lipinski definition) is 5. The van der Waals surface area contributed by atoms with Gasteiger partial charge in [0.1, 0.15) is 22.7 Å². The van der Waals surface area contributed by atoms with Gasteiger partial charge in [0, 0.05) is 7.05 Å². The van der Waals surface area contributed by atoms with Gasteiger partial charge >= 0.3 is 12.1 Å². The predicted molar refractivity (Wildman–Crippen MR) is 102 cm³/mol. The number of carbonyl (C=O) groups excluding carboxylic acids is 2. The van der Waals surface area contributed by atoms with Gasteiger partial charge in [0.2, 0.25) is 0 Å². The summed E-state index contributed by atoms with van der Waals surface area (Å²) in [6.45, 7) is 5.10. The van der Waals surface area contributed by atoms with E-state index in [4.69, 9.17) is 9.47 Å². The highest BCUT2D eigenvalue weighted by Crippen LogP contribution is 2.22. The van der Waals surface area contributed by atoms with Crippen molar-refractivity contribution in [1.82, 2.24) is 4.90 Å². The van der Waals surface area contributed by atoms with Crippen LogP contribution in [0.1, 0.15) is 42.8 Å². The Balaban J connectivity index is 2.04. The molecule has 0 bridgehead atoms. The van der Waals surface area contributed by atoms with Crippen LogP contribution in [0.2, 0.25) is 0 Å². The molecule has 1 N–H and O–H groups in total. The topological polar surface area (TPSA) is 76.1 Å². The third kappa shape index (κ3) is 5.96. The van der Waals surface area contributed by atoms with Crippen LogP contribution in [0, 0.1) is 17.5 Å². The number of halogens is 3. The van der Waals surface area contributed by atoms with E-state index in [9.17, 15) is 27.9 Å². The van der Waals surface area contributed by atoms with Crippen LogP contribution in [0.5, 0.6) is 5.75 Å². The van der Waals surface area contributed by atoms with Gasteiger partial charge in [0.05, 0.1) is 12.6 Å². The molecule has 0 heterocycles. The average molecular weight is 425 g/mol. The molecule has 9 heteroatoms.